The molecule has 0 aromatic carbocycles. The monoisotopic (exact) mass is 226 g/mol. The maximum absolute atomic E-state index is 12.2. The lowest BCUT2D eigenvalue weighted by Gasteiger charge is -2.15. The van der Waals surface area contributed by atoms with E-state index in [1.54, 1.807) is 6.21 Å². The van der Waals surface area contributed by atoms with Crippen molar-refractivity contribution in [2.75, 3.05) is 27.2 Å². The maximum atomic E-state index is 12.2. The molecule has 0 rings (SSSR count). The van der Waals surface area contributed by atoms with Crippen LogP contribution in [0, 0.1) is 0 Å². The van der Waals surface area contributed by atoms with Crippen LogP contribution in [0.3, 0.4) is 0 Å². The Hall–Kier alpha value is -1.62. The Balaban J connectivity index is 4.47. The van der Waals surface area contributed by atoms with E-state index >= 15 is 0 Å². The van der Waals surface area contributed by atoms with Crippen LogP contribution in [0.2, 0.25) is 0 Å². The molecule has 0 aliphatic carbocycles. The number of nitrogens with two attached hydrogens (primary N) is 2. The predicted octanol–water partition coefficient (Wildman–Crippen LogP) is 0.787. The third-order valence-corrected chi connectivity index (χ3v) is 1.99. The zero-order valence-corrected chi connectivity index (χ0v) is 9.78. The number of hydrogen-bond donors (Lipinski definition) is 2. The van der Waals surface area contributed by atoms with E-state index in [4.69, 9.17) is 11.5 Å². The van der Waals surface area contributed by atoms with Crippen LogP contribution in [-0.4, -0.2) is 38.3 Å². The van der Waals surface area contributed by atoms with Gasteiger partial charge in [0.2, 0.25) is 0 Å². The lowest BCUT2D eigenvalue weighted by molar-refractivity contribution is 0.528. The topological polar surface area (TPSA) is 67.6 Å². The highest BCUT2D eigenvalue weighted by Crippen LogP contribution is 2.06. The third kappa shape index (κ3) is 4.75. The Labute approximate surface area is 95.8 Å². The molecule has 0 saturated heterocycles. The summed E-state index contributed by atoms with van der Waals surface area (Å²) >= 11 is 0. The summed E-state index contributed by atoms with van der Waals surface area (Å²) in [6.45, 7) is 4.22. The van der Waals surface area contributed by atoms with E-state index in [1.807, 2.05) is 19.0 Å². The Bertz CT molecular complexity index is 316. The second-order valence-corrected chi connectivity index (χ2v) is 3.40. The molecule has 0 spiro atoms. The highest BCUT2D eigenvalue weighted by Gasteiger charge is 2.01. The number of nitrogens with zero attached hydrogens (tertiary/aromatic N) is 2. The summed E-state index contributed by atoms with van der Waals surface area (Å²) in [7, 11) is 3.71. The average molecular weight is 226 g/mol. The minimum atomic E-state index is 0.157. The second-order valence-electron chi connectivity index (χ2n) is 3.40. The van der Waals surface area contributed by atoms with Crippen LogP contribution in [0.15, 0.2) is 40.9 Å². The fourth-order valence-corrected chi connectivity index (χ4v) is 0.877. The zero-order chi connectivity index (χ0) is 12.6. The van der Waals surface area contributed by atoms with Crippen LogP contribution in [0.25, 0.3) is 0 Å². The second kappa shape index (κ2) is 7.64. The molecule has 0 amide bonds. The predicted molar refractivity (Wildman–Crippen MR) is 66.7 cm³/mol. The summed E-state index contributed by atoms with van der Waals surface area (Å²) in [6, 6.07) is 0. The molecule has 16 heavy (non-hydrogen) atoms. The number of halogens is 1. The first-order valence-electron chi connectivity index (χ1n) is 4.83. The molecule has 0 aromatic heterocycles. The first-order valence-corrected chi connectivity index (χ1v) is 4.83. The molecular weight excluding hydrogens is 207 g/mol. The standard InChI is InChI=1S/C11H19FN4/c1-9(16(2)3)11(6-14)8-15-7-10(4-12)5-13/h4,6,8H,1,5,7,13-14H2,2-3H3/b10-4+,11-6?,15-8?. The van der Waals surface area contributed by atoms with Crippen molar-refractivity contribution in [3.05, 3.63) is 36.0 Å². The highest BCUT2D eigenvalue weighted by atomic mass is 19.1. The zero-order valence-electron chi connectivity index (χ0n) is 9.78. The van der Waals surface area contributed by atoms with Gasteiger partial charge in [-0.2, -0.15) is 0 Å². The van der Waals surface area contributed by atoms with Crippen molar-refractivity contribution in [3.8, 4) is 0 Å². The molecule has 0 unspecified atom stereocenters. The smallest absolute Gasteiger partial charge is 0.0890 e. The molecule has 0 aromatic rings. The van der Waals surface area contributed by atoms with E-state index in [0.29, 0.717) is 17.5 Å². The molecule has 0 atom stereocenters. The quantitative estimate of drug-likeness (QED) is 0.519. The Kier molecular flexibility index (Phi) is 6.87. The summed E-state index contributed by atoms with van der Waals surface area (Å²) in [5.41, 5.74) is 12.6. The van der Waals surface area contributed by atoms with Gasteiger partial charge in [-0.3, -0.25) is 4.99 Å². The van der Waals surface area contributed by atoms with Gasteiger partial charge in [0, 0.05) is 44.3 Å². The highest BCUT2D eigenvalue weighted by molar-refractivity contribution is 5.83. The van der Waals surface area contributed by atoms with Crippen molar-refractivity contribution in [3.63, 3.8) is 0 Å². The average Bonchev–Trinajstić information content (AvgIpc) is 2.28. The summed E-state index contributed by atoms with van der Waals surface area (Å²) < 4.78 is 12.2. The summed E-state index contributed by atoms with van der Waals surface area (Å²) in [6.07, 6.45) is 3.44. The van der Waals surface area contributed by atoms with Crippen molar-refractivity contribution in [2.45, 2.75) is 0 Å². The fourth-order valence-electron chi connectivity index (χ4n) is 0.877. The van der Waals surface area contributed by atoms with E-state index in [9.17, 15) is 4.39 Å². The van der Waals surface area contributed by atoms with Gasteiger partial charge in [-0.05, 0) is 5.57 Å². The lowest BCUT2D eigenvalue weighted by atomic mass is 10.2. The van der Waals surface area contributed by atoms with Gasteiger partial charge in [-0.1, -0.05) is 6.58 Å². The number of likely N-dealkylation sites (N-methyl/N-ethyl adjacent to an activating group) is 1. The lowest BCUT2D eigenvalue weighted by Crippen LogP contribution is -2.14. The van der Waals surface area contributed by atoms with Crippen LogP contribution >= 0.6 is 0 Å². The van der Waals surface area contributed by atoms with Crippen molar-refractivity contribution in [1.82, 2.24) is 4.90 Å². The van der Waals surface area contributed by atoms with E-state index in [1.165, 1.54) is 6.20 Å². The van der Waals surface area contributed by atoms with Gasteiger partial charge < -0.3 is 16.4 Å². The first-order chi connectivity index (χ1) is 7.56. The number of rotatable bonds is 6. The van der Waals surface area contributed by atoms with Crippen molar-refractivity contribution in [2.24, 2.45) is 16.5 Å². The van der Waals surface area contributed by atoms with Crippen LogP contribution in [0.5, 0.6) is 0 Å². The summed E-state index contributed by atoms with van der Waals surface area (Å²) in [5.74, 6) is 0. The summed E-state index contributed by atoms with van der Waals surface area (Å²) in [4.78, 5) is 5.86. The van der Waals surface area contributed by atoms with Gasteiger partial charge in [0.1, 0.15) is 0 Å². The van der Waals surface area contributed by atoms with Crippen LogP contribution in [0.1, 0.15) is 0 Å². The molecule has 0 fully saturated rings. The van der Waals surface area contributed by atoms with Crippen molar-refractivity contribution in [1.29, 1.82) is 0 Å². The minimum absolute atomic E-state index is 0.157. The van der Waals surface area contributed by atoms with Crippen molar-refractivity contribution < 1.29 is 4.39 Å². The maximum Gasteiger partial charge on any atom is 0.0890 e. The van der Waals surface area contributed by atoms with Gasteiger partial charge in [-0.15, -0.1) is 0 Å². The van der Waals surface area contributed by atoms with Gasteiger partial charge >= 0.3 is 0 Å². The van der Waals surface area contributed by atoms with E-state index in [-0.39, 0.29) is 13.1 Å². The molecule has 4 nitrogen and oxygen atoms in total. The fraction of sp³-hybridized carbons (Fsp3) is 0.364. The number of aliphatic imine (C=N–C) groups is 1. The molecule has 0 bridgehead atoms. The Morgan fingerprint density at radius 3 is 2.50 bits per heavy atom. The van der Waals surface area contributed by atoms with Crippen LogP contribution in [0.4, 0.5) is 4.39 Å². The largest absolute Gasteiger partial charge is 0.404 e. The van der Waals surface area contributed by atoms with Crippen LogP contribution in [-0.2, 0) is 0 Å². The first kappa shape index (κ1) is 14.4. The summed E-state index contributed by atoms with van der Waals surface area (Å²) in [5, 5.41) is 0. The minimum Gasteiger partial charge on any atom is -0.404 e. The normalized spacial score (nSPS) is 13.2. The Morgan fingerprint density at radius 1 is 1.50 bits per heavy atom. The van der Waals surface area contributed by atoms with E-state index < -0.39 is 0 Å². The molecule has 0 aliphatic rings. The van der Waals surface area contributed by atoms with E-state index in [2.05, 4.69) is 11.6 Å². The number of hydrogen-bond acceptors (Lipinski definition) is 4. The van der Waals surface area contributed by atoms with Gasteiger partial charge in [0.15, 0.2) is 0 Å². The molecule has 5 heteroatoms. The van der Waals surface area contributed by atoms with Gasteiger partial charge in [0.05, 0.1) is 12.9 Å². The molecule has 0 aliphatic heterocycles. The molecule has 90 valence electrons. The number of allylic oxidation sites excluding steroid dienone is 1. The Morgan fingerprint density at radius 2 is 2.12 bits per heavy atom. The van der Waals surface area contributed by atoms with E-state index in [0.717, 1.165) is 5.70 Å². The molecule has 4 N–H and O–H groups in total. The molecule has 0 radical (unpaired) electrons. The van der Waals surface area contributed by atoms with Crippen molar-refractivity contribution >= 4 is 6.21 Å². The third-order valence-electron chi connectivity index (χ3n) is 1.99. The van der Waals surface area contributed by atoms with Gasteiger partial charge in [-0.25, -0.2) is 4.39 Å². The molecular formula is C11H19FN4. The van der Waals surface area contributed by atoms with Gasteiger partial charge in [0.25, 0.3) is 0 Å². The van der Waals surface area contributed by atoms with Crippen LogP contribution < -0.4 is 11.5 Å². The molecule has 0 saturated carbocycles. The SMILES string of the molecule is C=C(C(C=NC/C(=C/F)CN)=CN)N(C)C. The molecule has 0 heterocycles.